The van der Waals surface area contributed by atoms with Crippen LogP contribution in [-0.2, 0) is 0 Å². The Balaban J connectivity index is 1.89. The van der Waals surface area contributed by atoms with E-state index in [2.05, 4.69) is 4.98 Å². The van der Waals surface area contributed by atoms with Crippen molar-refractivity contribution in [3.63, 3.8) is 0 Å². The summed E-state index contributed by atoms with van der Waals surface area (Å²) in [4.78, 5) is 17.3. The van der Waals surface area contributed by atoms with Crippen LogP contribution < -0.4 is 10.5 Å². The predicted molar refractivity (Wildman–Crippen MR) is 59.0 cm³/mol. The summed E-state index contributed by atoms with van der Waals surface area (Å²) in [6.45, 7) is 1.33. The summed E-state index contributed by atoms with van der Waals surface area (Å²) >= 11 is 0. The van der Waals surface area contributed by atoms with Crippen molar-refractivity contribution < 1.29 is 9.53 Å². The third kappa shape index (κ3) is 2.70. The molecule has 0 saturated carbocycles. The van der Waals surface area contributed by atoms with Crippen LogP contribution in [0.3, 0.4) is 0 Å². The minimum atomic E-state index is -0.320. The van der Waals surface area contributed by atoms with Gasteiger partial charge in [-0.1, -0.05) is 0 Å². The average Bonchev–Trinajstić information content (AvgIpc) is 2.31. The third-order valence-electron chi connectivity index (χ3n) is 2.64. The second-order valence-electron chi connectivity index (χ2n) is 3.88. The molecule has 1 fully saturated rings. The number of hydrogen-bond acceptors (Lipinski definition) is 4. The van der Waals surface area contributed by atoms with Crippen molar-refractivity contribution in [1.29, 1.82) is 0 Å². The number of hydrogen-bond donors (Lipinski definition) is 1. The van der Waals surface area contributed by atoms with Crippen molar-refractivity contribution in [2.75, 3.05) is 13.1 Å². The maximum atomic E-state index is 11.7. The van der Waals surface area contributed by atoms with Gasteiger partial charge < -0.3 is 15.4 Å². The number of carbonyl (C=O) groups excluding carboxylic acids is 1. The van der Waals surface area contributed by atoms with Crippen molar-refractivity contribution in [2.45, 2.75) is 18.9 Å². The van der Waals surface area contributed by atoms with Crippen LogP contribution in [0, 0.1) is 0 Å². The van der Waals surface area contributed by atoms with E-state index in [9.17, 15) is 4.79 Å². The van der Waals surface area contributed by atoms with Gasteiger partial charge in [-0.25, -0.2) is 4.79 Å². The zero-order valence-electron chi connectivity index (χ0n) is 9.00. The molecule has 1 aromatic rings. The molecule has 1 aromatic heterocycles. The van der Waals surface area contributed by atoms with Gasteiger partial charge in [0.25, 0.3) is 0 Å². The van der Waals surface area contributed by atoms with Gasteiger partial charge in [0.15, 0.2) is 5.75 Å². The Hall–Kier alpha value is -1.62. The highest BCUT2D eigenvalue weighted by Gasteiger charge is 2.21. The van der Waals surface area contributed by atoms with Crippen LogP contribution in [-0.4, -0.2) is 35.1 Å². The molecule has 0 bridgehead atoms. The highest BCUT2D eigenvalue weighted by Crippen LogP contribution is 2.12. The Morgan fingerprint density at radius 1 is 1.50 bits per heavy atom. The number of likely N-dealkylation sites (tertiary alicyclic amines) is 1. The predicted octanol–water partition coefficient (Wildman–Crippen LogP) is 1.00. The highest BCUT2D eigenvalue weighted by molar-refractivity contribution is 5.70. The molecule has 1 saturated heterocycles. The van der Waals surface area contributed by atoms with Crippen LogP contribution >= 0.6 is 0 Å². The number of aromatic nitrogens is 1. The maximum Gasteiger partial charge on any atom is 0.415 e. The van der Waals surface area contributed by atoms with Crippen molar-refractivity contribution in [2.24, 2.45) is 5.73 Å². The zero-order chi connectivity index (χ0) is 11.4. The quantitative estimate of drug-likeness (QED) is 0.768. The number of carbonyl (C=O) groups is 1. The van der Waals surface area contributed by atoms with Crippen LogP contribution in [0.25, 0.3) is 0 Å². The maximum absolute atomic E-state index is 11.7. The van der Waals surface area contributed by atoms with E-state index in [0.29, 0.717) is 18.8 Å². The molecule has 0 spiro atoms. The fourth-order valence-electron chi connectivity index (χ4n) is 1.65. The molecule has 2 rings (SSSR count). The SMILES string of the molecule is NC1CCN(C(=O)Oc2cccnc2)CC1. The number of ether oxygens (including phenoxy) is 1. The van der Waals surface area contributed by atoms with E-state index < -0.39 is 0 Å². The van der Waals surface area contributed by atoms with Crippen molar-refractivity contribution in [3.8, 4) is 5.75 Å². The number of piperidine rings is 1. The van der Waals surface area contributed by atoms with E-state index in [4.69, 9.17) is 10.5 Å². The molecule has 5 heteroatoms. The van der Waals surface area contributed by atoms with Gasteiger partial charge in [-0.3, -0.25) is 4.98 Å². The van der Waals surface area contributed by atoms with E-state index in [1.807, 2.05) is 0 Å². The monoisotopic (exact) mass is 221 g/mol. The summed E-state index contributed by atoms with van der Waals surface area (Å²) in [5, 5.41) is 0. The molecular weight excluding hydrogens is 206 g/mol. The van der Waals surface area contributed by atoms with Crippen molar-refractivity contribution >= 4 is 6.09 Å². The van der Waals surface area contributed by atoms with Crippen LogP contribution in [0.2, 0.25) is 0 Å². The van der Waals surface area contributed by atoms with Gasteiger partial charge in [-0.2, -0.15) is 0 Å². The fraction of sp³-hybridized carbons (Fsp3) is 0.455. The van der Waals surface area contributed by atoms with E-state index in [1.54, 1.807) is 23.2 Å². The van der Waals surface area contributed by atoms with Crippen LogP contribution in [0.4, 0.5) is 4.79 Å². The van der Waals surface area contributed by atoms with Gasteiger partial charge in [0.05, 0.1) is 6.20 Å². The van der Waals surface area contributed by atoms with Crippen molar-refractivity contribution in [1.82, 2.24) is 9.88 Å². The van der Waals surface area contributed by atoms with Gasteiger partial charge in [-0.05, 0) is 25.0 Å². The summed E-state index contributed by atoms with van der Waals surface area (Å²) < 4.78 is 5.17. The molecule has 0 radical (unpaired) electrons. The summed E-state index contributed by atoms with van der Waals surface area (Å²) in [6, 6.07) is 3.65. The lowest BCUT2D eigenvalue weighted by molar-refractivity contribution is 0.139. The van der Waals surface area contributed by atoms with Crippen LogP contribution in [0.1, 0.15) is 12.8 Å². The molecule has 0 unspecified atom stereocenters. The Morgan fingerprint density at radius 2 is 2.25 bits per heavy atom. The number of pyridine rings is 1. The lowest BCUT2D eigenvalue weighted by Crippen LogP contribution is -2.44. The van der Waals surface area contributed by atoms with E-state index in [-0.39, 0.29) is 12.1 Å². The lowest BCUT2D eigenvalue weighted by atomic mass is 10.1. The van der Waals surface area contributed by atoms with E-state index in [0.717, 1.165) is 12.8 Å². The van der Waals surface area contributed by atoms with Gasteiger partial charge in [0, 0.05) is 25.3 Å². The molecule has 86 valence electrons. The summed E-state index contributed by atoms with van der Waals surface area (Å²) in [7, 11) is 0. The molecule has 1 amide bonds. The topological polar surface area (TPSA) is 68.5 Å². The second-order valence-corrected chi connectivity index (χ2v) is 3.88. The number of nitrogens with zero attached hydrogens (tertiary/aromatic N) is 2. The highest BCUT2D eigenvalue weighted by atomic mass is 16.6. The molecule has 2 N–H and O–H groups in total. The fourth-order valence-corrected chi connectivity index (χ4v) is 1.65. The molecule has 0 aliphatic carbocycles. The molecular formula is C11H15N3O2. The molecule has 2 heterocycles. The molecule has 16 heavy (non-hydrogen) atoms. The van der Waals surface area contributed by atoms with Gasteiger partial charge in [0.2, 0.25) is 0 Å². The molecule has 0 aromatic carbocycles. The number of rotatable bonds is 1. The third-order valence-corrected chi connectivity index (χ3v) is 2.64. The van der Waals surface area contributed by atoms with E-state index in [1.165, 1.54) is 6.20 Å². The van der Waals surface area contributed by atoms with Crippen LogP contribution in [0.5, 0.6) is 5.75 Å². The standard InChI is InChI=1S/C11H15N3O2/c12-9-3-6-14(7-4-9)11(15)16-10-2-1-5-13-8-10/h1-2,5,8-9H,3-4,6-7,12H2. The Kier molecular flexibility index (Phi) is 3.36. The average molecular weight is 221 g/mol. The number of amides is 1. The summed E-state index contributed by atoms with van der Waals surface area (Å²) in [5.41, 5.74) is 5.76. The normalized spacial score (nSPS) is 17.2. The first-order chi connectivity index (χ1) is 7.75. The molecule has 5 nitrogen and oxygen atoms in total. The lowest BCUT2D eigenvalue weighted by Gasteiger charge is -2.29. The first-order valence-corrected chi connectivity index (χ1v) is 5.38. The number of nitrogens with two attached hydrogens (primary N) is 1. The van der Waals surface area contributed by atoms with Crippen LogP contribution in [0.15, 0.2) is 24.5 Å². The van der Waals surface area contributed by atoms with Crippen molar-refractivity contribution in [3.05, 3.63) is 24.5 Å². The Labute approximate surface area is 94.2 Å². The Bertz CT molecular complexity index is 348. The molecule has 0 atom stereocenters. The van der Waals surface area contributed by atoms with E-state index >= 15 is 0 Å². The first kappa shape index (κ1) is 10.9. The van der Waals surface area contributed by atoms with Gasteiger partial charge >= 0.3 is 6.09 Å². The molecule has 1 aliphatic rings. The minimum absolute atomic E-state index is 0.211. The Morgan fingerprint density at radius 3 is 2.88 bits per heavy atom. The molecule has 1 aliphatic heterocycles. The smallest absolute Gasteiger partial charge is 0.409 e. The zero-order valence-corrected chi connectivity index (χ0v) is 9.00. The first-order valence-electron chi connectivity index (χ1n) is 5.38. The minimum Gasteiger partial charge on any atom is -0.409 e. The summed E-state index contributed by atoms with van der Waals surface area (Å²) in [6.07, 6.45) is 4.51. The van der Waals surface area contributed by atoms with Gasteiger partial charge in [0.1, 0.15) is 0 Å². The largest absolute Gasteiger partial charge is 0.415 e. The second kappa shape index (κ2) is 4.94. The van der Waals surface area contributed by atoms with Gasteiger partial charge in [-0.15, -0.1) is 0 Å². The summed E-state index contributed by atoms with van der Waals surface area (Å²) in [5.74, 6) is 0.474.